The fraction of sp³-hybridized carbons (Fsp3) is 0.600. The average molecular weight is 298 g/mol. The van der Waals surface area contributed by atoms with Crippen molar-refractivity contribution < 1.29 is 14.6 Å². The van der Waals surface area contributed by atoms with Gasteiger partial charge in [-0.25, -0.2) is 0 Å². The van der Waals surface area contributed by atoms with E-state index in [1.54, 1.807) is 0 Å². The van der Waals surface area contributed by atoms with Crippen LogP contribution in [-0.2, 0) is 6.54 Å². The number of benzene rings is 1. The van der Waals surface area contributed by atoms with Crippen LogP contribution in [0.2, 0.25) is 5.02 Å². The second-order valence-electron chi connectivity index (χ2n) is 5.49. The summed E-state index contributed by atoms with van der Waals surface area (Å²) in [5, 5.41) is 10.3. The van der Waals surface area contributed by atoms with Gasteiger partial charge in [0.25, 0.3) is 0 Å². The summed E-state index contributed by atoms with van der Waals surface area (Å²) in [5.41, 5.74) is 1.10. The molecule has 20 heavy (non-hydrogen) atoms. The van der Waals surface area contributed by atoms with E-state index in [1.165, 1.54) is 0 Å². The highest BCUT2D eigenvalue weighted by atomic mass is 35.5. The normalized spacial score (nSPS) is 23.4. The Kier molecular flexibility index (Phi) is 4.34. The molecule has 1 fully saturated rings. The average Bonchev–Trinajstić information content (AvgIpc) is 2.64. The van der Waals surface area contributed by atoms with Crippen molar-refractivity contribution in [2.75, 3.05) is 26.3 Å². The van der Waals surface area contributed by atoms with E-state index in [2.05, 4.69) is 4.90 Å². The molecule has 110 valence electrons. The molecule has 5 heteroatoms. The van der Waals surface area contributed by atoms with Gasteiger partial charge in [-0.15, -0.1) is 0 Å². The van der Waals surface area contributed by atoms with Crippen molar-refractivity contribution >= 4 is 11.6 Å². The maximum atomic E-state index is 9.73. The van der Waals surface area contributed by atoms with E-state index in [0.717, 1.165) is 50.2 Å². The maximum Gasteiger partial charge on any atom is 0.179 e. The molecule has 0 bridgehead atoms. The van der Waals surface area contributed by atoms with Crippen molar-refractivity contribution in [3.05, 3.63) is 22.7 Å². The summed E-state index contributed by atoms with van der Waals surface area (Å²) < 4.78 is 11.3. The molecule has 2 heterocycles. The van der Waals surface area contributed by atoms with Crippen molar-refractivity contribution in [2.24, 2.45) is 0 Å². The van der Waals surface area contributed by atoms with Crippen LogP contribution in [0.1, 0.15) is 24.8 Å². The number of β-amino-alcohol motifs (C(OH)–C–C–N with tert-alkyl or cyclic N) is 1. The van der Waals surface area contributed by atoms with Gasteiger partial charge in [-0.3, -0.25) is 4.90 Å². The Bertz CT molecular complexity index is 480. The number of aliphatic hydroxyl groups is 1. The molecule has 0 amide bonds. The Morgan fingerprint density at radius 1 is 1.25 bits per heavy atom. The first kappa shape index (κ1) is 14.0. The molecule has 0 saturated carbocycles. The Hall–Kier alpha value is -0.970. The zero-order valence-electron chi connectivity index (χ0n) is 11.5. The summed E-state index contributed by atoms with van der Waals surface area (Å²) in [6.07, 6.45) is 2.61. The largest absolute Gasteiger partial charge is 0.489 e. The van der Waals surface area contributed by atoms with Crippen LogP contribution in [0, 0.1) is 0 Å². The molecule has 1 saturated heterocycles. The molecular formula is C15H20ClNO3. The van der Waals surface area contributed by atoms with Gasteiger partial charge in [0.1, 0.15) is 0 Å². The first-order valence-electron chi connectivity index (χ1n) is 7.21. The van der Waals surface area contributed by atoms with E-state index in [9.17, 15) is 5.11 Å². The molecule has 2 aliphatic rings. The van der Waals surface area contributed by atoms with Gasteiger partial charge in [-0.1, -0.05) is 11.6 Å². The molecule has 0 aromatic heterocycles. The third-order valence-electron chi connectivity index (χ3n) is 3.75. The molecular weight excluding hydrogens is 278 g/mol. The van der Waals surface area contributed by atoms with Crippen LogP contribution in [0.25, 0.3) is 0 Å². The minimum absolute atomic E-state index is 0.209. The smallest absolute Gasteiger partial charge is 0.179 e. The van der Waals surface area contributed by atoms with Crippen LogP contribution in [-0.4, -0.2) is 42.4 Å². The summed E-state index contributed by atoms with van der Waals surface area (Å²) in [6, 6.07) is 3.95. The third kappa shape index (κ3) is 3.19. The molecule has 1 N–H and O–H groups in total. The van der Waals surface area contributed by atoms with Gasteiger partial charge in [-0.05, 0) is 37.1 Å². The van der Waals surface area contributed by atoms with E-state index >= 15 is 0 Å². The lowest BCUT2D eigenvalue weighted by Crippen LogP contribution is -2.37. The number of rotatable bonds is 2. The van der Waals surface area contributed by atoms with Crippen molar-refractivity contribution in [1.82, 2.24) is 4.90 Å². The van der Waals surface area contributed by atoms with E-state index in [0.29, 0.717) is 24.0 Å². The zero-order valence-corrected chi connectivity index (χ0v) is 12.2. The standard InChI is InChI=1S/C15H20ClNO3/c16-13-7-11(9-17-4-1-3-12(18)10-17)8-14-15(13)20-6-2-5-19-14/h7-8,12,18H,1-6,9-10H2/t12-/m1/s1. The number of hydrogen-bond acceptors (Lipinski definition) is 4. The highest BCUT2D eigenvalue weighted by Crippen LogP contribution is 2.38. The van der Waals surface area contributed by atoms with E-state index < -0.39 is 0 Å². The molecule has 0 unspecified atom stereocenters. The SMILES string of the molecule is O[C@@H]1CCCN(Cc2cc(Cl)c3c(c2)OCCCO3)C1. The lowest BCUT2D eigenvalue weighted by molar-refractivity contribution is 0.0668. The van der Waals surface area contributed by atoms with Crippen LogP contribution in [0.15, 0.2) is 12.1 Å². The molecule has 0 radical (unpaired) electrons. The van der Waals surface area contributed by atoms with E-state index in [4.69, 9.17) is 21.1 Å². The fourth-order valence-corrected chi connectivity index (χ4v) is 3.10. The predicted octanol–water partition coefficient (Wildman–Crippen LogP) is 2.46. The van der Waals surface area contributed by atoms with Gasteiger partial charge in [0, 0.05) is 19.5 Å². The van der Waals surface area contributed by atoms with Crippen molar-refractivity contribution in [2.45, 2.75) is 31.9 Å². The first-order valence-corrected chi connectivity index (χ1v) is 7.58. The Labute approximate surface area is 124 Å². The predicted molar refractivity (Wildman–Crippen MR) is 77.6 cm³/mol. The van der Waals surface area contributed by atoms with Gasteiger partial charge in [0.05, 0.1) is 24.3 Å². The van der Waals surface area contributed by atoms with Crippen molar-refractivity contribution in [1.29, 1.82) is 0 Å². The molecule has 4 nitrogen and oxygen atoms in total. The topological polar surface area (TPSA) is 41.9 Å². The van der Waals surface area contributed by atoms with Crippen molar-refractivity contribution in [3.8, 4) is 11.5 Å². The van der Waals surface area contributed by atoms with Crippen molar-refractivity contribution in [3.63, 3.8) is 0 Å². The second kappa shape index (κ2) is 6.20. The summed E-state index contributed by atoms with van der Waals surface area (Å²) in [7, 11) is 0. The van der Waals surface area contributed by atoms with Gasteiger partial charge in [-0.2, -0.15) is 0 Å². The summed E-state index contributed by atoms with van der Waals surface area (Å²) in [5.74, 6) is 1.40. The molecule has 0 aliphatic carbocycles. The van der Waals surface area contributed by atoms with Crippen LogP contribution < -0.4 is 9.47 Å². The number of aliphatic hydroxyl groups excluding tert-OH is 1. The Morgan fingerprint density at radius 3 is 2.95 bits per heavy atom. The number of halogens is 1. The maximum absolute atomic E-state index is 9.73. The monoisotopic (exact) mass is 297 g/mol. The Balaban J connectivity index is 1.76. The van der Waals surface area contributed by atoms with Crippen LogP contribution >= 0.6 is 11.6 Å². The van der Waals surface area contributed by atoms with E-state index in [-0.39, 0.29) is 6.10 Å². The van der Waals surface area contributed by atoms with Gasteiger partial charge in [0.2, 0.25) is 0 Å². The summed E-state index contributed by atoms with van der Waals surface area (Å²) >= 11 is 6.29. The third-order valence-corrected chi connectivity index (χ3v) is 4.03. The molecule has 3 rings (SSSR count). The number of piperidine rings is 1. The lowest BCUT2D eigenvalue weighted by Gasteiger charge is -2.30. The Morgan fingerprint density at radius 2 is 2.10 bits per heavy atom. The van der Waals surface area contributed by atoms with Gasteiger partial charge >= 0.3 is 0 Å². The molecule has 1 aromatic rings. The molecule has 0 spiro atoms. The quantitative estimate of drug-likeness (QED) is 0.910. The minimum atomic E-state index is -0.209. The highest BCUT2D eigenvalue weighted by molar-refractivity contribution is 6.32. The lowest BCUT2D eigenvalue weighted by atomic mass is 10.1. The molecule has 2 aliphatic heterocycles. The van der Waals surface area contributed by atoms with Crippen LogP contribution in [0.5, 0.6) is 11.5 Å². The number of fused-ring (bicyclic) bond motifs is 1. The number of likely N-dealkylation sites (tertiary alicyclic amines) is 1. The summed E-state index contributed by atoms with van der Waals surface area (Å²) in [6.45, 7) is 3.84. The number of ether oxygens (including phenoxy) is 2. The van der Waals surface area contributed by atoms with Crippen LogP contribution in [0.3, 0.4) is 0 Å². The number of nitrogens with zero attached hydrogens (tertiary/aromatic N) is 1. The van der Waals surface area contributed by atoms with E-state index in [1.807, 2.05) is 12.1 Å². The van der Waals surface area contributed by atoms with Gasteiger partial charge in [0.15, 0.2) is 11.5 Å². The second-order valence-corrected chi connectivity index (χ2v) is 5.89. The fourth-order valence-electron chi connectivity index (χ4n) is 2.81. The van der Waals surface area contributed by atoms with Crippen LogP contribution in [0.4, 0.5) is 0 Å². The minimum Gasteiger partial charge on any atom is -0.489 e. The first-order chi connectivity index (χ1) is 9.72. The molecule has 1 aromatic carbocycles. The van der Waals surface area contributed by atoms with Gasteiger partial charge < -0.3 is 14.6 Å². The zero-order chi connectivity index (χ0) is 13.9. The summed E-state index contributed by atoms with van der Waals surface area (Å²) in [4.78, 5) is 2.25. The highest BCUT2D eigenvalue weighted by Gasteiger charge is 2.20. The number of hydrogen-bond donors (Lipinski definition) is 1. The molecule has 1 atom stereocenters.